The molecule has 1 aromatic heterocycles. The first kappa shape index (κ1) is 13.9. The van der Waals surface area contributed by atoms with E-state index < -0.39 is 0 Å². The van der Waals surface area contributed by atoms with Crippen LogP contribution in [0.15, 0.2) is 18.2 Å². The molecule has 2 unspecified atom stereocenters. The summed E-state index contributed by atoms with van der Waals surface area (Å²) in [5.74, 6) is 0.734. The summed E-state index contributed by atoms with van der Waals surface area (Å²) in [6.45, 7) is 9.24. The van der Waals surface area contributed by atoms with E-state index in [2.05, 4.69) is 56.2 Å². The molecule has 20 heavy (non-hydrogen) atoms. The minimum absolute atomic E-state index is 0.510. The second kappa shape index (κ2) is 5.03. The van der Waals surface area contributed by atoms with Crippen LogP contribution in [0.3, 0.4) is 0 Å². The van der Waals surface area contributed by atoms with Crippen LogP contribution in [0.25, 0.3) is 10.2 Å². The van der Waals surface area contributed by atoms with Crippen LogP contribution in [0, 0.1) is 18.3 Å². The van der Waals surface area contributed by atoms with Gasteiger partial charge in [0.25, 0.3) is 0 Å². The summed E-state index contributed by atoms with van der Waals surface area (Å²) in [5, 5.41) is 4.89. The average Bonchev–Trinajstić information content (AvgIpc) is 2.71. The molecule has 2 atom stereocenters. The predicted molar refractivity (Wildman–Crippen MR) is 88.6 cm³/mol. The smallest absolute Gasteiger partial charge is 0.0907 e. The Morgan fingerprint density at radius 1 is 1.35 bits per heavy atom. The third kappa shape index (κ3) is 2.83. The van der Waals surface area contributed by atoms with Gasteiger partial charge in [-0.05, 0) is 55.7 Å². The molecule has 2 aromatic rings. The van der Waals surface area contributed by atoms with Gasteiger partial charge >= 0.3 is 0 Å². The zero-order valence-electron chi connectivity index (χ0n) is 12.9. The number of anilines is 1. The highest BCUT2D eigenvalue weighted by molar-refractivity contribution is 7.18. The van der Waals surface area contributed by atoms with Gasteiger partial charge in [0, 0.05) is 11.7 Å². The molecule has 0 spiro atoms. The molecule has 1 saturated carbocycles. The number of hydrogen-bond acceptors (Lipinski definition) is 3. The minimum atomic E-state index is 0.510. The molecule has 108 valence electrons. The molecule has 3 heteroatoms. The first-order valence-corrected chi connectivity index (χ1v) is 8.38. The number of fused-ring (bicyclic) bond motifs is 1. The van der Waals surface area contributed by atoms with E-state index in [-0.39, 0.29) is 0 Å². The van der Waals surface area contributed by atoms with Crippen molar-refractivity contribution in [3.63, 3.8) is 0 Å². The second-order valence-corrected chi connectivity index (χ2v) is 8.29. The van der Waals surface area contributed by atoms with Crippen molar-refractivity contribution in [2.24, 2.45) is 11.3 Å². The fourth-order valence-electron chi connectivity index (χ4n) is 3.50. The lowest BCUT2D eigenvalue weighted by Crippen LogP contribution is -2.36. The molecule has 0 aliphatic heterocycles. The van der Waals surface area contributed by atoms with E-state index in [1.165, 1.54) is 29.6 Å². The first-order chi connectivity index (χ1) is 9.43. The van der Waals surface area contributed by atoms with Gasteiger partial charge in [-0.2, -0.15) is 0 Å². The molecule has 0 radical (unpaired) electrons. The van der Waals surface area contributed by atoms with Crippen LogP contribution in [0.4, 0.5) is 5.69 Å². The van der Waals surface area contributed by atoms with E-state index in [1.54, 1.807) is 11.3 Å². The summed E-state index contributed by atoms with van der Waals surface area (Å²) in [5.41, 5.74) is 2.88. The van der Waals surface area contributed by atoms with Crippen LogP contribution in [0.5, 0.6) is 0 Å². The van der Waals surface area contributed by atoms with Crippen LogP contribution in [-0.4, -0.2) is 11.0 Å². The summed E-state index contributed by atoms with van der Waals surface area (Å²) >= 11 is 1.78. The van der Waals surface area contributed by atoms with E-state index in [9.17, 15) is 0 Å². The summed E-state index contributed by atoms with van der Waals surface area (Å²) < 4.78 is 1.29. The van der Waals surface area contributed by atoms with Crippen molar-refractivity contribution in [1.82, 2.24) is 4.98 Å². The molecule has 1 aliphatic rings. The summed E-state index contributed by atoms with van der Waals surface area (Å²) in [4.78, 5) is 4.53. The Hall–Kier alpha value is -1.09. The van der Waals surface area contributed by atoms with Gasteiger partial charge in [0.15, 0.2) is 0 Å². The van der Waals surface area contributed by atoms with Gasteiger partial charge < -0.3 is 5.32 Å². The van der Waals surface area contributed by atoms with Crippen LogP contribution in [0.1, 0.15) is 45.0 Å². The van der Waals surface area contributed by atoms with Crippen molar-refractivity contribution in [3.05, 3.63) is 23.2 Å². The van der Waals surface area contributed by atoms with Gasteiger partial charge in [0.05, 0.1) is 15.2 Å². The minimum Gasteiger partial charge on any atom is -0.382 e. The number of hydrogen-bond donors (Lipinski definition) is 1. The van der Waals surface area contributed by atoms with Gasteiger partial charge in [-0.15, -0.1) is 11.3 Å². The second-order valence-electron chi connectivity index (χ2n) is 7.05. The Balaban J connectivity index is 1.76. The number of nitrogens with one attached hydrogen (secondary N) is 1. The van der Waals surface area contributed by atoms with Crippen LogP contribution in [-0.2, 0) is 0 Å². The standard InChI is InChI=1S/C17H24N2S/c1-11-10-17(3,4)8-7-14(11)19-13-5-6-15-16(9-13)20-12(2)18-15/h5-6,9,11,14,19H,7-8,10H2,1-4H3. The lowest BCUT2D eigenvalue weighted by Gasteiger charge is -2.40. The molecule has 1 aliphatic carbocycles. The Labute approximate surface area is 125 Å². The fraction of sp³-hybridized carbons (Fsp3) is 0.588. The number of aromatic nitrogens is 1. The van der Waals surface area contributed by atoms with Crippen LogP contribution < -0.4 is 5.32 Å². The zero-order valence-corrected chi connectivity index (χ0v) is 13.7. The molecular formula is C17H24N2S. The average molecular weight is 288 g/mol. The lowest BCUT2D eigenvalue weighted by molar-refractivity contribution is 0.177. The van der Waals surface area contributed by atoms with Crippen LogP contribution in [0.2, 0.25) is 0 Å². The summed E-state index contributed by atoms with van der Waals surface area (Å²) in [6, 6.07) is 7.17. The zero-order chi connectivity index (χ0) is 14.3. The number of thiazole rings is 1. The number of benzene rings is 1. The first-order valence-electron chi connectivity index (χ1n) is 7.57. The van der Waals surface area contributed by atoms with Crippen molar-refractivity contribution in [1.29, 1.82) is 0 Å². The molecule has 3 rings (SSSR count). The van der Waals surface area contributed by atoms with E-state index in [0.29, 0.717) is 11.5 Å². The van der Waals surface area contributed by atoms with E-state index in [1.807, 2.05) is 0 Å². The van der Waals surface area contributed by atoms with Crippen molar-refractivity contribution < 1.29 is 0 Å². The number of nitrogens with zero attached hydrogens (tertiary/aromatic N) is 1. The normalized spacial score (nSPS) is 25.8. The molecule has 2 nitrogen and oxygen atoms in total. The van der Waals surface area contributed by atoms with Gasteiger partial charge in [-0.25, -0.2) is 4.98 Å². The maximum atomic E-state index is 4.53. The third-order valence-electron chi connectivity index (χ3n) is 4.54. The molecule has 1 aromatic carbocycles. The highest BCUT2D eigenvalue weighted by Gasteiger charge is 2.32. The monoisotopic (exact) mass is 288 g/mol. The van der Waals surface area contributed by atoms with E-state index >= 15 is 0 Å². The van der Waals surface area contributed by atoms with Gasteiger partial charge in [0.1, 0.15) is 0 Å². The Kier molecular flexibility index (Phi) is 3.49. The molecule has 0 saturated heterocycles. The SMILES string of the molecule is Cc1nc2ccc(NC3CCC(C)(C)CC3C)cc2s1. The quantitative estimate of drug-likeness (QED) is 0.818. The molecule has 0 amide bonds. The Morgan fingerprint density at radius 2 is 2.15 bits per heavy atom. The van der Waals surface area contributed by atoms with Gasteiger partial charge in [-0.3, -0.25) is 0 Å². The van der Waals surface area contributed by atoms with Crippen molar-refractivity contribution in [2.75, 3.05) is 5.32 Å². The maximum absolute atomic E-state index is 4.53. The molecule has 1 N–H and O–H groups in total. The molecule has 0 bridgehead atoms. The van der Waals surface area contributed by atoms with Crippen LogP contribution >= 0.6 is 11.3 Å². The Morgan fingerprint density at radius 3 is 2.90 bits per heavy atom. The van der Waals surface area contributed by atoms with Gasteiger partial charge in [0.2, 0.25) is 0 Å². The van der Waals surface area contributed by atoms with E-state index in [0.717, 1.165) is 16.4 Å². The summed E-state index contributed by atoms with van der Waals surface area (Å²) in [6.07, 6.45) is 3.90. The lowest BCUT2D eigenvalue weighted by atomic mass is 9.70. The highest BCUT2D eigenvalue weighted by Crippen LogP contribution is 2.39. The summed E-state index contributed by atoms with van der Waals surface area (Å²) in [7, 11) is 0. The van der Waals surface area contributed by atoms with Gasteiger partial charge in [-0.1, -0.05) is 20.8 Å². The van der Waals surface area contributed by atoms with Crippen molar-refractivity contribution in [3.8, 4) is 0 Å². The van der Waals surface area contributed by atoms with E-state index in [4.69, 9.17) is 0 Å². The number of rotatable bonds is 2. The Bertz CT molecular complexity index is 614. The third-order valence-corrected chi connectivity index (χ3v) is 5.47. The fourth-order valence-corrected chi connectivity index (χ4v) is 4.37. The topological polar surface area (TPSA) is 24.9 Å². The molecule has 1 fully saturated rings. The maximum Gasteiger partial charge on any atom is 0.0907 e. The predicted octanol–water partition coefficient (Wildman–Crippen LogP) is 5.23. The largest absolute Gasteiger partial charge is 0.382 e. The van der Waals surface area contributed by atoms with Crippen molar-refractivity contribution in [2.45, 2.75) is 53.0 Å². The molecular weight excluding hydrogens is 264 g/mol. The highest BCUT2D eigenvalue weighted by atomic mass is 32.1. The molecule has 1 heterocycles. The number of aryl methyl sites for hydroxylation is 1. The van der Waals surface area contributed by atoms with Crippen molar-refractivity contribution >= 4 is 27.2 Å².